The van der Waals surface area contributed by atoms with Gasteiger partial charge in [0.15, 0.2) is 0 Å². The minimum atomic E-state index is -1.12. The quantitative estimate of drug-likeness (QED) is 0.347. The van der Waals surface area contributed by atoms with Gasteiger partial charge in [0, 0.05) is 16.7 Å². The van der Waals surface area contributed by atoms with Crippen molar-refractivity contribution in [1.29, 1.82) is 0 Å². The van der Waals surface area contributed by atoms with Gasteiger partial charge in [0.1, 0.15) is 17.5 Å². The summed E-state index contributed by atoms with van der Waals surface area (Å²) in [5, 5.41) is 39.5. The van der Waals surface area contributed by atoms with Crippen LogP contribution in [0.4, 0.5) is 0 Å². The second kappa shape index (κ2) is 9.68. The summed E-state index contributed by atoms with van der Waals surface area (Å²) in [6.45, 7) is 6.78. The number of carbonyl (C=O) groups excluding carboxylic acids is 1. The zero-order valence-corrected chi connectivity index (χ0v) is 18.2. The molecular weight excluding hydrogens is 402 g/mol. The molecule has 8 heteroatoms. The number of allylic oxidation sites excluding steroid dienone is 3. The molecule has 4 N–H and O–H groups in total. The van der Waals surface area contributed by atoms with E-state index in [1.807, 2.05) is 13.0 Å². The number of carbonyl (C=O) groups is 3. The van der Waals surface area contributed by atoms with Crippen LogP contribution < -0.4 is 0 Å². The second-order valence-electron chi connectivity index (χ2n) is 8.19. The number of nitrogens with zero attached hydrogens (tertiary/aromatic N) is 1. The van der Waals surface area contributed by atoms with E-state index in [9.17, 15) is 29.7 Å². The molecule has 0 spiro atoms. The molecule has 1 aliphatic rings. The highest BCUT2D eigenvalue weighted by Crippen LogP contribution is 2.40. The van der Waals surface area contributed by atoms with Gasteiger partial charge in [0.2, 0.25) is 0 Å². The third-order valence-corrected chi connectivity index (χ3v) is 5.51. The molecule has 0 fully saturated rings. The van der Waals surface area contributed by atoms with E-state index < -0.39 is 23.9 Å². The first kappa shape index (κ1) is 24.0. The van der Waals surface area contributed by atoms with Crippen molar-refractivity contribution in [2.24, 2.45) is 5.92 Å². The predicted octanol–water partition coefficient (Wildman–Crippen LogP) is 3.46. The summed E-state index contributed by atoms with van der Waals surface area (Å²) in [6.07, 6.45) is 4.86. The van der Waals surface area contributed by atoms with Crippen molar-refractivity contribution < 1.29 is 34.8 Å². The summed E-state index contributed by atoms with van der Waals surface area (Å²) in [4.78, 5) is 36.4. The van der Waals surface area contributed by atoms with E-state index in [1.165, 1.54) is 17.9 Å². The van der Waals surface area contributed by atoms with Crippen LogP contribution in [-0.4, -0.2) is 49.2 Å². The smallest absolute Gasteiger partial charge is 0.330 e. The Kier molecular flexibility index (Phi) is 7.49. The molecule has 1 aromatic carbocycles. The van der Waals surface area contributed by atoms with Crippen LogP contribution in [0.2, 0.25) is 0 Å². The number of hydrogen-bond acceptors (Lipinski definition) is 5. The molecular formula is C23H29NO7. The summed E-state index contributed by atoms with van der Waals surface area (Å²) in [6, 6.07) is 0.253. The molecule has 0 saturated heterocycles. The van der Waals surface area contributed by atoms with E-state index in [0.717, 1.165) is 5.57 Å². The van der Waals surface area contributed by atoms with Gasteiger partial charge in [0.25, 0.3) is 5.91 Å². The Morgan fingerprint density at radius 2 is 1.81 bits per heavy atom. The molecule has 0 aromatic heterocycles. The van der Waals surface area contributed by atoms with Crippen LogP contribution in [0.15, 0.2) is 29.4 Å². The monoisotopic (exact) mass is 431 g/mol. The lowest BCUT2D eigenvalue weighted by Gasteiger charge is -2.27. The van der Waals surface area contributed by atoms with Crippen molar-refractivity contribution in [2.45, 2.75) is 59.5 Å². The van der Waals surface area contributed by atoms with Gasteiger partial charge < -0.3 is 25.3 Å². The Morgan fingerprint density at radius 3 is 2.35 bits per heavy atom. The van der Waals surface area contributed by atoms with Crippen molar-refractivity contribution in [2.75, 3.05) is 0 Å². The van der Waals surface area contributed by atoms with Crippen LogP contribution >= 0.6 is 0 Å². The van der Waals surface area contributed by atoms with E-state index in [-0.39, 0.29) is 47.1 Å². The average molecular weight is 431 g/mol. The van der Waals surface area contributed by atoms with E-state index in [4.69, 9.17) is 5.11 Å². The number of aliphatic carboxylic acids is 2. The van der Waals surface area contributed by atoms with Gasteiger partial charge in [-0.1, -0.05) is 31.6 Å². The Bertz CT molecular complexity index is 959. The summed E-state index contributed by atoms with van der Waals surface area (Å²) >= 11 is 0. The number of hydrogen-bond donors (Lipinski definition) is 4. The lowest BCUT2D eigenvalue weighted by molar-refractivity contribution is -0.144. The van der Waals surface area contributed by atoms with Crippen molar-refractivity contribution in [1.82, 2.24) is 4.90 Å². The fourth-order valence-electron chi connectivity index (χ4n) is 3.68. The topological polar surface area (TPSA) is 135 Å². The van der Waals surface area contributed by atoms with Gasteiger partial charge >= 0.3 is 11.9 Å². The summed E-state index contributed by atoms with van der Waals surface area (Å²) < 4.78 is 0. The number of phenolic OH excluding ortho intramolecular Hbond substituents is 2. The highest BCUT2D eigenvalue weighted by atomic mass is 16.4. The lowest BCUT2D eigenvalue weighted by Crippen LogP contribution is -2.44. The van der Waals surface area contributed by atoms with Crippen LogP contribution in [0.25, 0.3) is 0 Å². The van der Waals surface area contributed by atoms with Crippen LogP contribution in [-0.2, 0) is 22.6 Å². The lowest BCUT2D eigenvalue weighted by atomic mass is 9.99. The first-order valence-electron chi connectivity index (χ1n) is 10.1. The minimum absolute atomic E-state index is 0.0373. The number of aromatic hydroxyl groups is 2. The normalized spacial score (nSPS) is 15.4. The molecule has 168 valence electrons. The molecule has 8 nitrogen and oxygen atoms in total. The summed E-state index contributed by atoms with van der Waals surface area (Å²) in [5.41, 5.74) is 1.92. The van der Waals surface area contributed by atoms with Crippen LogP contribution in [0, 0.1) is 5.92 Å². The zero-order valence-electron chi connectivity index (χ0n) is 18.2. The Hall–Kier alpha value is -3.29. The number of rotatable bonds is 9. The second-order valence-corrected chi connectivity index (χ2v) is 8.19. The molecule has 0 unspecified atom stereocenters. The molecule has 1 heterocycles. The Morgan fingerprint density at radius 1 is 1.16 bits per heavy atom. The molecule has 0 bridgehead atoms. The third-order valence-electron chi connectivity index (χ3n) is 5.51. The molecule has 0 saturated carbocycles. The van der Waals surface area contributed by atoms with Crippen LogP contribution in [0.1, 0.15) is 62.0 Å². The van der Waals surface area contributed by atoms with Gasteiger partial charge in [-0.05, 0) is 45.1 Å². The van der Waals surface area contributed by atoms with Gasteiger partial charge in [-0.25, -0.2) is 9.59 Å². The third kappa shape index (κ3) is 5.25. The van der Waals surface area contributed by atoms with Crippen molar-refractivity contribution in [3.63, 3.8) is 0 Å². The zero-order chi connectivity index (χ0) is 23.5. The molecule has 1 amide bonds. The van der Waals surface area contributed by atoms with Gasteiger partial charge in [-0.15, -0.1) is 0 Å². The fraction of sp³-hybridized carbons (Fsp3) is 0.435. The summed E-state index contributed by atoms with van der Waals surface area (Å²) in [7, 11) is 0. The average Bonchev–Trinajstić information content (AvgIpc) is 2.97. The number of carboxylic acid groups (broad SMARTS) is 2. The maximum absolute atomic E-state index is 12.7. The molecule has 0 aliphatic carbocycles. The molecule has 0 radical (unpaired) electrons. The van der Waals surface area contributed by atoms with Crippen molar-refractivity contribution in [3.8, 4) is 11.5 Å². The number of benzene rings is 1. The van der Waals surface area contributed by atoms with E-state index in [2.05, 4.69) is 0 Å². The maximum Gasteiger partial charge on any atom is 0.330 e. The molecule has 1 aromatic rings. The van der Waals surface area contributed by atoms with Crippen LogP contribution in [0.3, 0.4) is 0 Å². The van der Waals surface area contributed by atoms with Crippen LogP contribution in [0.5, 0.6) is 11.5 Å². The van der Waals surface area contributed by atoms with Crippen molar-refractivity contribution in [3.05, 3.63) is 46.1 Å². The predicted molar refractivity (Wildman–Crippen MR) is 114 cm³/mol. The SMILES string of the molecule is C/C(=C\Cc1c(O)cc2c(c1O)CN([C@H](C(=O)O)C(C)C)C2=O)CC/C=C(\C)C(=O)O. The Labute approximate surface area is 181 Å². The van der Waals surface area contributed by atoms with Gasteiger partial charge in [0.05, 0.1) is 12.1 Å². The molecule has 1 atom stereocenters. The molecule has 2 rings (SSSR count). The highest BCUT2D eigenvalue weighted by molar-refractivity contribution is 6.01. The van der Waals surface area contributed by atoms with E-state index >= 15 is 0 Å². The standard InChI is InChI=1S/C23H29NO7/c1-12(2)19(23(30)31)24-11-17-16(21(24)27)10-18(25)15(20(17)26)9-8-13(3)6-5-7-14(4)22(28)29/h7-8,10,12,19,25-26H,5-6,9,11H2,1-4H3,(H,28,29)(H,30,31)/b13-8+,14-7+/t19-/m0/s1. The first-order chi connectivity index (χ1) is 14.5. The number of carboxylic acids is 2. The Balaban J connectivity index is 2.23. The van der Waals surface area contributed by atoms with Crippen molar-refractivity contribution >= 4 is 17.8 Å². The fourth-order valence-corrected chi connectivity index (χ4v) is 3.68. The summed E-state index contributed by atoms with van der Waals surface area (Å²) in [5.74, 6) is -3.36. The maximum atomic E-state index is 12.7. The minimum Gasteiger partial charge on any atom is -0.507 e. The molecule has 31 heavy (non-hydrogen) atoms. The number of fused-ring (bicyclic) bond motifs is 1. The largest absolute Gasteiger partial charge is 0.507 e. The molecule has 1 aliphatic heterocycles. The number of amides is 1. The highest BCUT2D eigenvalue weighted by Gasteiger charge is 2.40. The number of phenols is 2. The van der Waals surface area contributed by atoms with E-state index in [1.54, 1.807) is 19.9 Å². The first-order valence-corrected chi connectivity index (χ1v) is 10.1. The van der Waals surface area contributed by atoms with Gasteiger partial charge in [-0.3, -0.25) is 4.79 Å². The van der Waals surface area contributed by atoms with Gasteiger partial charge in [-0.2, -0.15) is 0 Å². The van der Waals surface area contributed by atoms with E-state index in [0.29, 0.717) is 18.4 Å².